The van der Waals surface area contributed by atoms with Crippen LogP contribution in [0, 0.1) is 0 Å². The Labute approximate surface area is 99.8 Å². The van der Waals surface area contributed by atoms with Crippen molar-refractivity contribution in [2.75, 3.05) is 20.2 Å². The third kappa shape index (κ3) is 1.58. The van der Waals surface area contributed by atoms with Gasteiger partial charge in [0.05, 0.1) is 7.11 Å². The summed E-state index contributed by atoms with van der Waals surface area (Å²) in [5.41, 5.74) is 1.76. The van der Waals surface area contributed by atoms with Crippen molar-refractivity contribution in [3.63, 3.8) is 0 Å². The van der Waals surface area contributed by atoms with Crippen LogP contribution in [-0.2, 0) is 7.05 Å². The van der Waals surface area contributed by atoms with Crippen molar-refractivity contribution < 1.29 is 4.74 Å². The van der Waals surface area contributed by atoms with Crippen molar-refractivity contribution in [2.24, 2.45) is 7.05 Å². The van der Waals surface area contributed by atoms with E-state index in [1.54, 1.807) is 13.3 Å². The Morgan fingerprint density at radius 1 is 1.53 bits per heavy atom. The number of hydrogen-bond donors (Lipinski definition) is 1. The fourth-order valence-corrected chi connectivity index (χ4v) is 2.48. The van der Waals surface area contributed by atoms with E-state index in [1.807, 2.05) is 13.1 Å². The molecule has 0 spiro atoms. The van der Waals surface area contributed by atoms with Crippen LogP contribution in [0.3, 0.4) is 0 Å². The number of aryl methyl sites for hydroxylation is 1. The lowest BCUT2D eigenvalue weighted by Crippen LogP contribution is -2.11. The summed E-state index contributed by atoms with van der Waals surface area (Å²) in [4.78, 5) is 9.08. The monoisotopic (exact) mass is 232 g/mol. The van der Waals surface area contributed by atoms with Gasteiger partial charge < -0.3 is 14.6 Å². The quantitative estimate of drug-likeness (QED) is 0.841. The minimum atomic E-state index is 0.485. The van der Waals surface area contributed by atoms with E-state index in [1.165, 1.54) is 0 Å². The standard InChI is InChI=1S/C12H16N4O/c1-16-11(8-3-5-13-7-8)15-10-9(17-2)4-6-14-12(10)16/h4,6,8,13H,3,5,7H2,1-2H3. The van der Waals surface area contributed by atoms with Crippen LogP contribution in [0.5, 0.6) is 5.75 Å². The Hall–Kier alpha value is -1.62. The lowest BCUT2D eigenvalue weighted by Gasteiger charge is -2.07. The molecule has 0 bridgehead atoms. The van der Waals surface area contributed by atoms with Crippen LogP contribution in [0.25, 0.3) is 11.2 Å². The van der Waals surface area contributed by atoms with Gasteiger partial charge in [0.2, 0.25) is 0 Å². The van der Waals surface area contributed by atoms with Gasteiger partial charge in [-0.15, -0.1) is 0 Å². The number of rotatable bonds is 2. The normalized spacial score (nSPS) is 20.0. The van der Waals surface area contributed by atoms with Gasteiger partial charge in [0.15, 0.2) is 5.65 Å². The maximum atomic E-state index is 5.33. The van der Waals surface area contributed by atoms with Crippen molar-refractivity contribution in [2.45, 2.75) is 12.3 Å². The highest BCUT2D eigenvalue weighted by molar-refractivity contribution is 5.78. The average Bonchev–Trinajstić information content (AvgIpc) is 2.97. The summed E-state index contributed by atoms with van der Waals surface area (Å²) in [6, 6.07) is 1.85. The van der Waals surface area contributed by atoms with Crippen molar-refractivity contribution in [1.29, 1.82) is 0 Å². The highest BCUT2D eigenvalue weighted by Crippen LogP contribution is 2.28. The predicted octanol–water partition coefficient (Wildman–Crippen LogP) is 1.05. The summed E-state index contributed by atoms with van der Waals surface area (Å²) in [6.07, 6.45) is 2.90. The first-order valence-electron chi connectivity index (χ1n) is 5.87. The third-order valence-electron chi connectivity index (χ3n) is 3.40. The molecule has 1 fully saturated rings. The molecule has 1 N–H and O–H groups in total. The van der Waals surface area contributed by atoms with Gasteiger partial charge in [0.1, 0.15) is 17.1 Å². The molecule has 1 aliphatic rings. The smallest absolute Gasteiger partial charge is 0.163 e. The number of aromatic nitrogens is 3. The predicted molar refractivity (Wildman–Crippen MR) is 65.3 cm³/mol. The number of hydrogen-bond acceptors (Lipinski definition) is 4. The van der Waals surface area contributed by atoms with Gasteiger partial charge in [0, 0.05) is 31.8 Å². The van der Waals surface area contributed by atoms with E-state index in [0.29, 0.717) is 5.92 Å². The fraction of sp³-hybridized carbons (Fsp3) is 0.500. The van der Waals surface area contributed by atoms with Crippen molar-refractivity contribution >= 4 is 11.2 Å². The van der Waals surface area contributed by atoms with E-state index < -0.39 is 0 Å². The number of pyridine rings is 1. The van der Waals surface area contributed by atoms with Gasteiger partial charge in [-0.25, -0.2) is 9.97 Å². The molecule has 0 radical (unpaired) electrons. The van der Waals surface area contributed by atoms with E-state index in [4.69, 9.17) is 9.72 Å². The molecule has 2 aromatic rings. The molecule has 5 nitrogen and oxygen atoms in total. The zero-order valence-electron chi connectivity index (χ0n) is 10.1. The van der Waals surface area contributed by atoms with Crippen LogP contribution < -0.4 is 10.1 Å². The summed E-state index contributed by atoms with van der Waals surface area (Å²) in [7, 11) is 3.69. The molecular formula is C12H16N4O. The Morgan fingerprint density at radius 3 is 3.12 bits per heavy atom. The van der Waals surface area contributed by atoms with E-state index in [-0.39, 0.29) is 0 Å². The molecular weight excluding hydrogens is 216 g/mol. The molecule has 1 saturated heterocycles. The summed E-state index contributed by atoms with van der Waals surface area (Å²) in [5.74, 6) is 2.38. The SMILES string of the molecule is COc1ccnc2c1nc(C1CCNC1)n2C. The second-order valence-corrected chi connectivity index (χ2v) is 4.40. The number of fused-ring (bicyclic) bond motifs is 1. The van der Waals surface area contributed by atoms with Crippen LogP contribution in [-0.4, -0.2) is 34.7 Å². The molecule has 3 heterocycles. The van der Waals surface area contributed by atoms with Crippen molar-refractivity contribution in [3.8, 4) is 5.75 Å². The number of nitrogens with one attached hydrogen (secondary N) is 1. The Kier molecular flexibility index (Phi) is 2.48. The zero-order chi connectivity index (χ0) is 11.8. The first-order valence-corrected chi connectivity index (χ1v) is 5.87. The second-order valence-electron chi connectivity index (χ2n) is 4.40. The molecule has 0 saturated carbocycles. The average molecular weight is 232 g/mol. The summed E-state index contributed by atoms with van der Waals surface area (Å²) < 4.78 is 7.41. The molecule has 0 aromatic carbocycles. The van der Waals surface area contributed by atoms with Crippen LogP contribution in [0.1, 0.15) is 18.2 Å². The summed E-state index contributed by atoms with van der Waals surface area (Å²) >= 11 is 0. The second kappa shape index (κ2) is 4.00. The van der Waals surface area contributed by atoms with Gasteiger partial charge >= 0.3 is 0 Å². The topological polar surface area (TPSA) is 52.0 Å². The van der Waals surface area contributed by atoms with Gasteiger partial charge in [-0.1, -0.05) is 0 Å². The molecule has 1 aliphatic heterocycles. The number of ether oxygens (including phenoxy) is 1. The Morgan fingerprint density at radius 2 is 2.41 bits per heavy atom. The Balaban J connectivity index is 2.16. The number of nitrogens with zero attached hydrogens (tertiary/aromatic N) is 3. The summed E-state index contributed by atoms with van der Waals surface area (Å²) in [6.45, 7) is 2.07. The largest absolute Gasteiger partial charge is 0.494 e. The lowest BCUT2D eigenvalue weighted by atomic mass is 10.1. The van der Waals surface area contributed by atoms with Crippen LogP contribution in [0.15, 0.2) is 12.3 Å². The van der Waals surface area contributed by atoms with E-state index >= 15 is 0 Å². The highest BCUT2D eigenvalue weighted by atomic mass is 16.5. The van der Waals surface area contributed by atoms with Crippen molar-refractivity contribution in [3.05, 3.63) is 18.1 Å². The van der Waals surface area contributed by atoms with E-state index in [9.17, 15) is 0 Å². The Bertz CT molecular complexity index is 543. The fourth-order valence-electron chi connectivity index (χ4n) is 2.48. The molecule has 17 heavy (non-hydrogen) atoms. The van der Waals surface area contributed by atoms with Crippen LogP contribution in [0.2, 0.25) is 0 Å². The molecule has 0 amide bonds. The van der Waals surface area contributed by atoms with Crippen molar-refractivity contribution in [1.82, 2.24) is 19.9 Å². The molecule has 1 unspecified atom stereocenters. The first-order chi connectivity index (χ1) is 8.31. The maximum Gasteiger partial charge on any atom is 0.163 e. The van der Waals surface area contributed by atoms with Gasteiger partial charge in [-0.3, -0.25) is 0 Å². The molecule has 2 aromatic heterocycles. The van der Waals surface area contributed by atoms with Crippen LogP contribution in [0.4, 0.5) is 0 Å². The first kappa shape index (κ1) is 10.5. The minimum Gasteiger partial charge on any atom is -0.494 e. The third-order valence-corrected chi connectivity index (χ3v) is 3.40. The lowest BCUT2D eigenvalue weighted by molar-refractivity contribution is 0.418. The van der Waals surface area contributed by atoms with Gasteiger partial charge in [-0.2, -0.15) is 0 Å². The molecule has 90 valence electrons. The van der Waals surface area contributed by atoms with Crippen LogP contribution >= 0.6 is 0 Å². The zero-order valence-corrected chi connectivity index (χ0v) is 10.1. The van der Waals surface area contributed by atoms with E-state index in [0.717, 1.165) is 42.2 Å². The number of methoxy groups -OCH3 is 1. The van der Waals surface area contributed by atoms with Gasteiger partial charge in [0.25, 0.3) is 0 Å². The molecule has 0 aliphatic carbocycles. The maximum absolute atomic E-state index is 5.33. The minimum absolute atomic E-state index is 0.485. The van der Waals surface area contributed by atoms with Gasteiger partial charge in [-0.05, 0) is 13.0 Å². The highest BCUT2D eigenvalue weighted by Gasteiger charge is 2.23. The van der Waals surface area contributed by atoms with E-state index in [2.05, 4.69) is 14.9 Å². The molecule has 5 heteroatoms. The molecule has 3 rings (SSSR count). The number of imidazole rings is 1. The molecule has 1 atom stereocenters. The summed E-state index contributed by atoms with van der Waals surface area (Å²) in [5, 5.41) is 3.37.